The van der Waals surface area contributed by atoms with E-state index in [0.29, 0.717) is 17.0 Å². The van der Waals surface area contributed by atoms with Gasteiger partial charge in [-0.3, -0.25) is 9.36 Å². The quantitative estimate of drug-likeness (QED) is 0.509. The molecular weight excluding hydrogens is 353 g/mol. The van der Waals surface area contributed by atoms with Crippen molar-refractivity contribution in [2.24, 2.45) is 0 Å². The van der Waals surface area contributed by atoms with Gasteiger partial charge in [0.1, 0.15) is 18.1 Å². The van der Waals surface area contributed by atoms with Gasteiger partial charge in [0, 0.05) is 4.88 Å². The lowest BCUT2D eigenvalue weighted by Gasteiger charge is -2.12. The number of aromatic nitrogens is 1. The van der Waals surface area contributed by atoms with Crippen LogP contribution in [0.5, 0.6) is 5.75 Å². The van der Waals surface area contributed by atoms with Gasteiger partial charge in [-0.1, -0.05) is 29.5 Å². The third-order valence-corrected chi connectivity index (χ3v) is 4.99. The molecule has 0 saturated heterocycles. The summed E-state index contributed by atoms with van der Waals surface area (Å²) >= 11 is 1.06. The fourth-order valence-corrected chi connectivity index (χ4v) is 3.71. The van der Waals surface area contributed by atoms with E-state index in [1.54, 1.807) is 19.1 Å². The number of hydrogen-bond donors (Lipinski definition) is 0. The molecule has 3 rings (SSSR count). The second-order valence-corrected chi connectivity index (χ2v) is 7.23. The first-order chi connectivity index (χ1) is 12.4. The highest BCUT2D eigenvalue weighted by Crippen LogP contribution is 2.26. The molecule has 0 N–H and O–H groups in total. The number of esters is 1. The van der Waals surface area contributed by atoms with Crippen molar-refractivity contribution >= 4 is 17.3 Å². The molecule has 0 spiro atoms. The Morgan fingerprint density at radius 1 is 1.08 bits per heavy atom. The normalized spacial score (nSPS) is 10.8. The minimum atomic E-state index is -0.523. The van der Waals surface area contributed by atoms with Crippen molar-refractivity contribution in [1.29, 1.82) is 0 Å². The Balaban J connectivity index is 1.92. The van der Waals surface area contributed by atoms with Gasteiger partial charge in [-0.05, 0) is 61.7 Å². The second kappa shape index (κ2) is 7.25. The lowest BCUT2D eigenvalue weighted by Crippen LogP contribution is -2.24. The first-order valence-corrected chi connectivity index (χ1v) is 8.91. The van der Waals surface area contributed by atoms with Gasteiger partial charge >= 0.3 is 10.8 Å². The molecule has 1 heterocycles. The number of rotatable bonds is 4. The summed E-state index contributed by atoms with van der Waals surface area (Å²) in [4.78, 5) is 25.3. The van der Waals surface area contributed by atoms with Gasteiger partial charge in [0.15, 0.2) is 0 Å². The zero-order valence-corrected chi connectivity index (χ0v) is 15.5. The number of carbonyl (C=O) groups is 1. The predicted octanol–water partition coefficient (Wildman–Crippen LogP) is 4.25. The Bertz CT molecular complexity index is 998. The van der Waals surface area contributed by atoms with Gasteiger partial charge in [-0.15, -0.1) is 0 Å². The fraction of sp³-hybridized carbons (Fsp3) is 0.200. The topological polar surface area (TPSA) is 48.3 Å². The third kappa shape index (κ3) is 3.60. The number of benzene rings is 2. The van der Waals surface area contributed by atoms with Crippen LogP contribution in [0.3, 0.4) is 0 Å². The standard InChI is InChI=1S/C20H18FNO3S/c1-12-5-4-6-13(2)19(12)25-17(23)11-22-18(14(3)26-20(22)24)15-7-9-16(21)10-8-15/h4-10H,11H2,1-3H3. The van der Waals surface area contributed by atoms with Crippen molar-refractivity contribution in [1.82, 2.24) is 4.57 Å². The van der Waals surface area contributed by atoms with E-state index in [1.807, 2.05) is 32.0 Å². The molecule has 0 fully saturated rings. The molecule has 0 amide bonds. The van der Waals surface area contributed by atoms with Gasteiger partial charge in [0.25, 0.3) is 0 Å². The van der Waals surface area contributed by atoms with Gasteiger partial charge < -0.3 is 4.74 Å². The first-order valence-electron chi connectivity index (χ1n) is 8.10. The molecule has 0 aliphatic rings. The third-order valence-electron chi connectivity index (χ3n) is 4.09. The van der Waals surface area contributed by atoms with Crippen molar-refractivity contribution in [3.05, 3.63) is 74.0 Å². The molecule has 0 aliphatic heterocycles. The molecule has 0 aliphatic carbocycles. The highest BCUT2D eigenvalue weighted by molar-refractivity contribution is 7.09. The summed E-state index contributed by atoms with van der Waals surface area (Å²) in [5, 5.41) is 0. The molecule has 26 heavy (non-hydrogen) atoms. The van der Waals surface area contributed by atoms with Crippen LogP contribution in [0.1, 0.15) is 16.0 Å². The summed E-state index contributed by atoms with van der Waals surface area (Å²) in [6.07, 6.45) is 0. The van der Waals surface area contributed by atoms with Crippen LogP contribution in [0, 0.1) is 26.6 Å². The molecule has 0 bridgehead atoms. The second-order valence-electron chi connectivity index (χ2n) is 6.06. The number of ether oxygens (including phenoxy) is 1. The monoisotopic (exact) mass is 371 g/mol. The Labute approximate surface area is 154 Å². The van der Waals surface area contributed by atoms with Crippen LogP contribution in [0.15, 0.2) is 47.3 Å². The number of aryl methyl sites for hydroxylation is 3. The van der Waals surface area contributed by atoms with E-state index >= 15 is 0 Å². The van der Waals surface area contributed by atoms with Crippen molar-refractivity contribution in [3.8, 4) is 17.0 Å². The van der Waals surface area contributed by atoms with Crippen LogP contribution in [-0.4, -0.2) is 10.5 Å². The van der Waals surface area contributed by atoms with E-state index in [4.69, 9.17) is 4.74 Å². The molecule has 134 valence electrons. The minimum absolute atomic E-state index is 0.205. The molecule has 3 aromatic rings. The Kier molecular flexibility index (Phi) is 5.04. The summed E-state index contributed by atoms with van der Waals surface area (Å²) < 4.78 is 20.1. The Morgan fingerprint density at radius 3 is 2.31 bits per heavy atom. The molecule has 0 saturated carbocycles. The van der Waals surface area contributed by atoms with Crippen LogP contribution >= 0.6 is 11.3 Å². The number of halogens is 1. The molecule has 0 radical (unpaired) electrons. The largest absolute Gasteiger partial charge is 0.425 e. The lowest BCUT2D eigenvalue weighted by molar-refractivity contribution is -0.135. The summed E-state index contributed by atoms with van der Waals surface area (Å²) in [7, 11) is 0. The maximum atomic E-state index is 13.2. The Morgan fingerprint density at radius 2 is 1.69 bits per heavy atom. The van der Waals surface area contributed by atoms with Crippen molar-refractivity contribution in [2.45, 2.75) is 27.3 Å². The van der Waals surface area contributed by atoms with Crippen LogP contribution < -0.4 is 9.61 Å². The SMILES string of the molecule is Cc1cccc(C)c1OC(=O)Cn1c(-c2ccc(F)cc2)c(C)sc1=O. The molecule has 6 heteroatoms. The summed E-state index contributed by atoms with van der Waals surface area (Å²) in [5.41, 5.74) is 3.00. The van der Waals surface area contributed by atoms with Gasteiger partial charge in [0.05, 0.1) is 5.69 Å². The van der Waals surface area contributed by atoms with E-state index in [1.165, 1.54) is 16.7 Å². The maximum absolute atomic E-state index is 13.2. The molecule has 2 aromatic carbocycles. The molecule has 0 atom stereocenters. The summed E-state index contributed by atoms with van der Waals surface area (Å²) in [6.45, 7) is 5.32. The smallest absolute Gasteiger partial charge is 0.331 e. The summed E-state index contributed by atoms with van der Waals surface area (Å²) in [5.74, 6) is -0.364. The molecule has 0 unspecified atom stereocenters. The highest BCUT2D eigenvalue weighted by Gasteiger charge is 2.18. The van der Waals surface area contributed by atoms with E-state index < -0.39 is 5.97 Å². The number of nitrogens with zero attached hydrogens (tertiary/aromatic N) is 1. The molecule has 4 nitrogen and oxygen atoms in total. The predicted molar refractivity (Wildman–Crippen MR) is 100 cm³/mol. The minimum Gasteiger partial charge on any atom is -0.425 e. The van der Waals surface area contributed by atoms with E-state index in [2.05, 4.69) is 0 Å². The number of para-hydroxylation sites is 1. The van der Waals surface area contributed by atoms with Crippen LogP contribution in [-0.2, 0) is 11.3 Å². The van der Waals surface area contributed by atoms with Crippen molar-refractivity contribution in [2.75, 3.05) is 0 Å². The van der Waals surface area contributed by atoms with E-state index in [9.17, 15) is 14.0 Å². The average Bonchev–Trinajstić information content (AvgIpc) is 2.86. The number of carbonyl (C=O) groups excluding carboxylic acids is 1. The van der Waals surface area contributed by atoms with Crippen LogP contribution in [0.2, 0.25) is 0 Å². The molecular formula is C20H18FNO3S. The fourth-order valence-electron chi connectivity index (χ4n) is 2.86. The van der Waals surface area contributed by atoms with Crippen LogP contribution in [0.4, 0.5) is 4.39 Å². The zero-order chi connectivity index (χ0) is 18.8. The van der Waals surface area contributed by atoms with Crippen molar-refractivity contribution in [3.63, 3.8) is 0 Å². The average molecular weight is 371 g/mol. The zero-order valence-electron chi connectivity index (χ0n) is 14.7. The highest BCUT2D eigenvalue weighted by atomic mass is 32.1. The Hall–Kier alpha value is -2.73. The molecule has 1 aromatic heterocycles. The van der Waals surface area contributed by atoms with E-state index in [-0.39, 0.29) is 17.2 Å². The van der Waals surface area contributed by atoms with E-state index in [0.717, 1.165) is 27.3 Å². The van der Waals surface area contributed by atoms with Gasteiger partial charge in [-0.2, -0.15) is 0 Å². The number of thiazole rings is 1. The van der Waals surface area contributed by atoms with Gasteiger partial charge in [-0.25, -0.2) is 9.18 Å². The lowest BCUT2D eigenvalue weighted by atomic mass is 10.1. The van der Waals surface area contributed by atoms with Crippen LogP contribution in [0.25, 0.3) is 11.3 Å². The number of hydrogen-bond acceptors (Lipinski definition) is 4. The van der Waals surface area contributed by atoms with Gasteiger partial charge in [0.2, 0.25) is 0 Å². The maximum Gasteiger partial charge on any atom is 0.331 e. The summed E-state index contributed by atoms with van der Waals surface area (Å²) in [6, 6.07) is 11.5. The van der Waals surface area contributed by atoms with Crippen molar-refractivity contribution < 1.29 is 13.9 Å². The first kappa shape index (κ1) is 18.1.